The van der Waals surface area contributed by atoms with Crippen molar-refractivity contribution in [2.45, 2.75) is 19.9 Å². The Hall–Kier alpha value is -3.42. The lowest BCUT2D eigenvalue weighted by Gasteiger charge is -2.20. The molecular weight excluding hydrogens is 400 g/mol. The largest absolute Gasteiger partial charge is 0.497 e. The molecule has 1 atom stereocenters. The second-order valence-corrected chi connectivity index (χ2v) is 7.08. The van der Waals surface area contributed by atoms with Crippen molar-refractivity contribution in [3.05, 3.63) is 42.0 Å². The molecule has 1 fully saturated rings. The summed E-state index contributed by atoms with van der Waals surface area (Å²) in [5.74, 6) is 1.70. The van der Waals surface area contributed by atoms with Crippen molar-refractivity contribution in [3.63, 3.8) is 0 Å². The van der Waals surface area contributed by atoms with E-state index in [4.69, 9.17) is 18.9 Å². The fraction of sp³-hybridized carbons (Fsp3) is 0.391. The Balaban J connectivity index is 1.64. The zero-order chi connectivity index (χ0) is 22.4. The summed E-state index contributed by atoms with van der Waals surface area (Å²) in [5, 5.41) is 2.92. The number of carbonyl (C=O) groups is 2. The Morgan fingerprint density at radius 1 is 1.03 bits per heavy atom. The molecule has 2 amide bonds. The average molecular weight is 428 g/mol. The highest BCUT2D eigenvalue weighted by molar-refractivity contribution is 6.01. The van der Waals surface area contributed by atoms with Crippen molar-refractivity contribution in [2.24, 2.45) is 5.92 Å². The first kappa shape index (κ1) is 22.3. The molecule has 8 nitrogen and oxygen atoms in total. The molecular formula is C23H28N2O6. The van der Waals surface area contributed by atoms with Crippen molar-refractivity contribution in [2.75, 3.05) is 39.4 Å². The van der Waals surface area contributed by atoms with E-state index in [2.05, 4.69) is 5.32 Å². The predicted molar refractivity (Wildman–Crippen MR) is 116 cm³/mol. The van der Waals surface area contributed by atoms with Gasteiger partial charge in [-0.25, -0.2) is 0 Å². The van der Waals surface area contributed by atoms with Crippen LogP contribution in [0.5, 0.6) is 23.0 Å². The summed E-state index contributed by atoms with van der Waals surface area (Å²) in [5.41, 5.74) is 1.51. The van der Waals surface area contributed by atoms with Crippen molar-refractivity contribution in [1.29, 1.82) is 0 Å². The maximum atomic E-state index is 12.7. The third kappa shape index (κ3) is 5.02. The first-order valence-corrected chi connectivity index (χ1v) is 10.1. The second kappa shape index (κ2) is 10.1. The van der Waals surface area contributed by atoms with Crippen LogP contribution in [-0.4, -0.2) is 46.3 Å². The number of carbonyl (C=O) groups excluding carboxylic acids is 2. The van der Waals surface area contributed by atoms with E-state index in [0.29, 0.717) is 48.4 Å². The lowest BCUT2D eigenvalue weighted by molar-refractivity contribution is -0.126. The number of rotatable bonds is 9. The standard InChI is InChI=1S/C23H28N2O6/c1-5-31-19-9-6-15(10-21(19)30-4)13-24-23(27)16-11-22(26)25(14-16)18-8-7-17(28-2)12-20(18)29-3/h6-10,12,16H,5,11,13-14H2,1-4H3,(H,24,27). The molecule has 0 aliphatic carbocycles. The van der Waals surface area contributed by atoms with Crippen molar-refractivity contribution >= 4 is 17.5 Å². The summed E-state index contributed by atoms with van der Waals surface area (Å²) in [4.78, 5) is 26.9. The highest BCUT2D eigenvalue weighted by Gasteiger charge is 2.36. The SMILES string of the molecule is CCOc1ccc(CNC(=O)C2CC(=O)N(c3ccc(OC)cc3OC)C2)cc1OC. The van der Waals surface area contributed by atoms with Gasteiger partial charge in [0.15, 0.2) is 11.5 Å². The van der Waals surface area contributed by atoms with Gasteiger partial charge in [-0.3, -0.25) is 9.59 Å². The van der Waals surface area contributed by atoms with E-state index in [1.54, 1.807) is 37.3 Å². The fourth-order valence-electron chi connectivity index (χ4n) is 3.55. The quantitative estimate of drug-likeness (QED) is 0.661. The number of hydrogen-bond acceptors (Lipinski definition) is 6. The third-order valence-corrected chi connectivity index (χ3v) is 5.17. The zero-order valence-corrected chi connectivity index (χ0v) is 18.3. The van der Waals surface area contributed by atoms with Crippen LogP contribution in [0.2, 0.25) is 0 Å². The van der Waals surface area contributed by atoms with Gasteiger partial charge in [0.25, 0.3) is 0 Å². The van der Waals surface area contributed by atoms with Gasteiger partial charge in [0.1, 0.15) is 11.5 Å². The summed E-state index contributed by atoms with van der Waals surface area (Å²) in [7, 11) is 4.68. The van der Waals surface area contributed by atoms with E-state index in [1.807, 2.05) is 25.1 Å². The molecule has 0 bridgehead atoms. The minimum Gasteiger partial charge on any atom is -0.497 e. The van der Waals surface area contributed by atoms with Gasteiger partial charge < -0.3 is 29.2 Å². The van der Waals surface area contributed by atoms with Gasteiger partial charge in [0.2, 0.25) is 11.8 Å². The molecule has 1 unspecified atom stereocenters. The summed E-state index contributed by atoms with van der Waals surface area (Å²) in [6, 6.07) is 10.8. The maximum absolute atomic E-state index is 12.7. The number of ether oxygens (including phenoxy) is 4. The van der Waals surface area contributed by atoms with Crippen molar-refractivity contribution < 1.29 is 28.5 Å². The molecule has 1 heterocycles. The third-order valence-electron chi connectivity index (χ3n) is 5.17. The van der Waals surface area contributed by atoms with E-state index in [9.17, 15) is 9.59 Å². The molecule has 2 aromatic rings. The van der Waals surface area contributed by atoms with Crippen LogP contribution in [0, 0.1) is 5.92 Å². The fourth-order valence-corrected chi connectivity index (χ4v) is 3.55. The molecule has 1 aliphatic rings. The average Bonchev–Trinajstić information content (AvgIpc) is 3.19. The molecule has 2 aromatic carbocycles. The van der Waals surface area contributed by atoms with Crippen molar-refractivity contribution in [3.8, 4) is 23.0 Å². The van der Waals surface area contributed by atoms with Gasteiger partial charge in [-0.05, 0) is 36.8 Å². The highest BCUT2D eigenvalue weighted by Crippen LogP contribution is 2.36. The van der Waals surface area contributed by atoms with E-state index in [1.165, 1.54) is 7.11 Å². The van der Waals surface area contributed by atoms with Crippen LogP contribution in [0.4, 0.5) is 5.69 Å². The summed E-state index contributed by atoms with van der Waals surface area (Å²) in [6.45, 7) is 3.07. The lowest BCUT2D eigenvalue weighted by Crippen LogP contribution is -2.32. The molecule has 1 saturated heterocycles. The molecule has 0 saturated carbocycles. The minimum absolute atomic E-state index is 0.119. The smallest absolute Gasteiger partial charge is 0.227 e. The minimum atomic E-state index is -0.441. The first-order chi connectivity index (χ1) is 15.0. The monoisotopic (exact) mass is 428 g/mol. The number of nitrogens with zero attached hydrogens (tertiary/aromatic N) is 1. The second-order valence-electron chi connectivity index (χ2n) is 7.08. The van der Waals surface area contributed by atoms with Crippen LogP contribution >= 0.6 is 0 Å². The normalized spacial score (nSPS) is 15.5. The Morgan fingerprint density at radius 2 is 1.81 bits per heavy atom. The summed E-state index contributed by atoms with van der Waals surface area (Å²) >= 11 is 0. The van der Waals surface area contributed by atoms with Crippen LogP contribution in [0.15, 0.2) is 36.4 Å². The van der Waals surface area contributed by atoms with Gasteiger partial charge in [-0.2, -0.15) is 0 Å². The highest BCUT2D eigenvalue weighted by atomic mass is 16.5. The molecule has 3 rings (SSSR count). The van der Waals surface area contributed by atoms with Gasteiger partial charge >= 0.3 is 0 Å². The molecule has 0 aromatic heterocycles. The van der Waals surface area contributed by atoms with E-state index in [-0.39, 0.29) is 18.2 Å². The summed E-state index contributed by atoms with van der Waals surface area (Å²) in [6.07, 6.45) is 0.146. The Morgan fingerprint density at radius 3 is 2.48 bits per heavy atom. The molecule has 166 valence electrons. The summed E-state index contributed by atoms with van der Waals surface area (Å²) < 4.78 is 21.5. The number of hydrogen-bond donors (Lipinski definition) is 1. The van der Waals surface area contributed by atoms with Gasteiger partial charge in [-0.15, -0.1) is 0 Å². The van der Waals surface area contributed by atoms with E-state index < -0.39 is 5.92 Å². The predicted octanol–water partition coefficient (Wildman–Crippen LogP) is 2.78. The number of nitrogens with one attached hydrogen (secondary N) is 1. The maximum Gasteiger partial charge on any atom is 0.227 e. The number of methoxy groups -OCH3 is 3. The van der Waals surface area contributed by atoms with Gasteiger partial charge in [0, 0.05) is 25.6 Å². The molecule has 31 heavy (non-hydrogen) atoms. The van der Waals surface area contributed by atoms with Crippen LogP contribution in [0.1, 0.15) is 18.9 Å². The lowest BCUT2D eigenvalue weighted by atomic mass is 10.1. The molecule has 1 aliphatic heterocycles. The van der Waals surface area contributed by atoms with Crippen molar-refractivity contribution in [1.82, 2.24) is 5.32 Å². The van der Waals surface area contributed by atoms with Crippen LogP contribution in [-0.2, 0) is 16.1 Å². The topological polar surface area (TPSA) is 86.3 Å². The zero-order valence-electron chi connectivity index (χ0n) is 18.3. The molecule has 0 spiro atoms. The van der Waals surface area contributed by atoms with Crippen LogP contribution < -0.4 is 29.2 Å². The molecule has 8 heteroatoms. The van der Waals surface area contributed by atoms with E-state index >= 15 is 0 Å². The van der Waals surface area contributed by atoms with E-state index in [0.717, 1.165) is 5.56 Å². The Labute approximate surface area is 182 Å². The molecule has 1 N–H and O–H groups in total. The molecule has 0 radical (unpaired) electrons. The van der Waals surface area contributed by atoms with Gasteiger partial charge in [-0.1, -0.05) is 6.07 Å². The first-order valence-electron chi connectivity index (χ1n) is 10.1. The number of benzene rings is 2. The number of anilines is 1. The Kier molecular flexibility index (Phi) is 7.23. The van der Waals surface area contributed by atoms with Gasteiger partial charge in [0.05, 0.1) is 39.5 Å². The number of amides is 2. The van der Waals surface area contributed by atoms with Crippen LogP contribution in [0.25, 0.3) is 0 Å². The van der Waals surface area contributed by atoms with Crippen LogP contribution in [0.3, 0.4) is 0 Å². The Bertz CT molecular complexity index is 946.